The Kier molecular flexibility index (Phi) is 3.04. The third-order valence-electron chi connectivity index (χ3n) is 2.82. The summed E-state index contributed by atoms with van der Waals surface area (Å²) in [5.74, 6) is -2.72. The second-order valence-corrected chi connectivity index (χ2v) is 3.86. The third-order valence-corrected chi connectivity index (χ3v) is 2.82. The first-order chi connectivity index (χ1) is 5.54. The molecule has 0 bridgehead atoms. The van der Waals surface area contributed by atoms with Gasteiger partial charge in [0.1, 0.15) is 0 Å². The summed E-state index contributed by atoms with van der Waals surface area (Å²) in [6, 6.07) is 0. The Morgan fingerprint density at radius 2 is 1.75 bits per heavy atom. The van der Waals surface area contributed by atoms with Crippen LogP contribution in [0.5, 0.6) is 0 Å². The first-order valence-corrected chi connectivity index (χ1v) is 4.52. The molecule has 1 N–H and O–H groups in total. The van der Waals surface area contributed by atoms with Gasteiger partial charge < -0.3 is 5.11 Å². The van der Waals surface area contributed by atoms with Gasteiger partial charge in [-0.25, -0.2) is 8.78 Å². The van der Waals surface area contributed by atoms with Gasteiger partial charge in [0.2, 0.25) is 5.92 Å². The normalized spacial score (nSPS) is 32.0. The molecule has 0 spiro atoms. The second kappa shape index (κ2) is 3.69. The van der Waals surface area contributed by atoms with Crippen molar-refractivity contribution >= 4 is 0 Å². The van der Waals surface area contributed by atoms with Gasteiger partial charge in [0, 0.05) is 12.5 Å². The number of rotatable bonds is 2. The van der Waals surface area contributed by atoms with E-state index in [0.29, 0.717) is 12.8 Å². The molecule has 3 heteroatoms. The van der Waals surface area contributed by atoms with Gasteiger partial charge in [0.15, 0.2) is 0 Å². The van der Waals surface area contributed by atoms with E-state index in [0.717, 1.165) is 19.8 Å². The minimum Gasteiger partial charge on any atom is -0.396 e. The molecule has 0 amide bonds. The first kappa shape index (κ1) is 9.90. The summed E-state index contributed by atoms with van der Waals surface area (Å²) >= 11 is 0. The molecule has 1 aliphatic carbocycles. The van der Waals surface area contributed by atoms with Gasteiger partial charge in [-0.05, 0) is 38.5 Å². The van der Waals surface area contributed by atoms with Crippen LogP contribution >= 0.6 is 0 Å². The molecule has 0 saturated heterocycles. The molecule has 1 rings (SSSR count). The van der Waals surface area contributed by atoms with Crippen LogP contribution in [0.2, 0.25) is 0 Å². The Balaban J connectivity index is 2.36. The van der Waals surface area contributed by atoms with Gasteiger partial charge >= 0.3 is 0 Å². The molecule has 0 aliphatic heterocycles. The van der Waals surface area contributed by atoms with Crippen molar-refractivity contribution in [3.05, 3.63) is 0 Å². The summed E-state index contributed by atoms with van der Waals surface area (Å²) in [4.78, 5) is 0. The zero-order valence-electron chi connectivity index (χ0n) is 7.39. The third kappa shape index (κ3) is 2.41. The lowest BCUT2D eigenvalue weighted by Crippen LogP contribution is -2.29. The molecule has 0 aromatic heterocycles. The Hall–Kier alpha value is -0.180. The van der Waals surface area contributed by atoms with Gasteiger partial charge in [-0.1, -0.05) is 0 Å². The average Bonchev–Trinajstić information content (AvgIpc) is 2.03. The Morgan fingerprint density at radius 1 is 1.25 bits per heavy atom. The minimum atomic E-state index is -2.53. The summed E-state index contributed by atoms with van der Waals surface area (Å²) in [5, 5.41) is 8.79. The lowest BCUT2D eigenvalue weighted by molar-refractivity contribution is -0.0601. The molecular weight excluding hydrogens is 162 g/mol. The van der Waals surface area contributed by atoms with Crippen LogP contribution in [0.3, 0.4) is 0 Å². The van der Waals surface area contributed by atoms with Crippen LogP contribution < -0.4 is 0 Å². The average molecular weight is 178 g/mol. The smallest absolute Gasteiger partial charge is 0.248 e. The molecule has 1 saturated carbocycles. The van der Waals surface area contributed by atoms with Gasteiger partial charge in [0.05, 0.1) is 0 Å². The standard InChI is InChI=1S/C9H16F2O/c1-9(10,11)8-4-2-7(6-12)3-5-8/h7-8,12H,2-6H2,1H3. The predicted octanol–water partition coefficient (Wildman–Crippen LogP) is 2.44. The van der Waals surface area contributed by atoms with E-state index < -0.39 is 11.8 Å². The quantitative estimate of drug-likeness (QED) is 0.688. The van der Waals surface area contributed by atoms with Gasteiger partial charge in [-0.2, -0.15) is 0 Å². The summed E-state index contributed by atoms with van der Waals surface area (Å²) in [6.07, 6.45) is 2.64. The fraction of sp³-hybridized carbons (Fsp3) is 1.00. The van der Waals surface area contributed by atoms with Crippen LogP contribution in [-0.2, 0) is 0 Å². The van der Waals surface area contributed by atoms with Crippen LogP contribution in [-0.4, -0.2) is 17.6 Å². The molecule has 12 heavy (non-hydrogen) atoms. The molecule has 0 heterocycles. The Bertz CT molecular complexity index is 134. The number of halogens is 2. The molecule has 0 aromatic carbocycles. The number of alkyl halides is 2. The number of hydrogen-bond donors (Lipinski definition) is 1. The fourth-order valence-corrected chi connectivity index (χ4v) is 1.85. The van der Waals surface area contributed by atoms with Crippen LogP contribution in [0.4, 0.5) is 8.78 Å². The first-order valence-electron chi connectivity index (χ1n) is 4.52. The van der Waals surface area contributed by atoms with E-state index in [2.05, 4.69) is 0 Å². The van der Waals surface area contributed by atoms with Gasteiger partial charge in [-0.15, -0.1) is 0 Å². The summed E-state index contributed by atoms with van der Waals surface area (Å²) < 4.78 is 25.6. The predicted molar refractivity (Wildman–Crippen MR) is 43.2 cm³/mol. The van der Waals surface area contributed by atoms with Crippen molar-refractivity contribution in [2.24, 2.45) is 11.8 Å². The Labute approximate surface area is 71.8 Å². The van der Waals surface area contributed by atoms with E-state index in [1.165, 1.54) is 0 Å². The maximum absolute atomic E-state index is 12.8. The Morgan fingerprint density at radius 3 is 2.08 bits per heavy atom. The number of aliphatic hydroxyl groups excluding tert-OH is 1. The highest BCUT2D eigenvalue weighted by molar-refractivity contribution is 4.79. The topological polar surface area (TPSA) is 20.2 Å². The van der Waals surface area contributed by atoms with E-state index in [-0.39, 0.29) is 12.5 Å². The summed E-state index contributed by atoms with van der Waals surface area (Å²) in [5.41, 5.74) is 0. The molecule has 72 valence electrons. The monoisotopic (exact) mass is 178 g/mol. The molecule has 0 aromatic rings. The van der Waals surface area contributed by atoms with Crippen molar-refractivity contribution < 1.29 is 13.9 Å². The molecule has 0 atom stereocenters. The zero-order valence-corrected chi connectivity index (χ0v) is 7.39. The van der Waals surface area contributed by atoms with Crippen LogP contribution in [0.25, 0.3) is 0 Å². The molecule has 1 nitrogen and oxygen atoms in total. The van der Waals surface area contributed by atoms with E-state index in [4.69, 9.17) is 5.11 Å². The highest BCUT2D eigenvalue weighted by atomic mass is 19.3. The molecule has 1 fully saturated rings. The number of aliphatic hydroxyl groups is 1. The van der Waals surface area contributed by atoms with E-state index in [1.807, 2.05) is 0 Å². The molecular formula is C9H16F2O. The maximum atomic E-state index is 12.8. The van der Waals surface area contributed by atoms with Crippen molar-refractivity contribution in [1.82, 2.24) is 0 Å². The lowest BCUT2D eigenvalue weighted by atomic mass is 9.80. The van der Waals surface area contributed by atoms with Gasteiger partial charge in [-0.3, -0.25) is 0 Å². The van der Waals surface area contributed by atoms with Crippen molar-refractivity contribution in [3.8, 4) is 0 Å². The number of hydrogen-bond acceptors (Lipinski definition) is 1. The van der Waals surface area contributed by atoms with Gasteiger partial charge in [0.25, 0.3) is 0 Å². The largest absolute Gasteiger partial charge is 0.396 e. The minimum absolute atomic E-state index is 0.155. The summed E-state index contributed by atoms with van der Waals surface area (Å²) in [6.45, 7) is 1.15. The summed E-state index contributed by atoms with van der Waals surface area (Å²) in [7, 11) is 0. The lowest BCUT2D eigenvalue weighted by Gasteiger charge is -2.30. The molecule has 0 unspecified atom stereocenters. The van der Waals surface area contributed by atoms with Crippen LogP contribution in [0.1, 0.15) is 32.6 Å². The van der Waals surface area contributed by atoms with Crippen LogP contribution in [0, 0.1) is 11.8 Å². The second-order valence-electron chi connectivity index (χ2n) is 3.86. The zero-order chi connectivity index (χ0) is 9.19. The van der Waals surface area contributed by atoms with Crippen molar-refractivity contribution in [2.75, 3.05) is 6.61 Å². The van der Waals surface area contributed by atoms with E-state index >= 15 is 0 Å². The SMILES string of the molecule is CC(F)(F)C1CCC(CO)CC1. The van der Waals surface area contributed by atoms with E-state index in [1.54, 1.807) is 0 Å². The maximum Gasteiger partial charge on any atom is 0.248 e. The van der Waals surface area contributed by atoms with Crippen LogP contribution in [0.15, 0.2) is 0 Å². The fourth-order valence-electron chi connectivity index (χ4n) is 1.85. The molecule has 0 radical (unpaired) electrons. The van der Waals surface area contributed by atoms with Crippen molar-refractivity contribution in [2.45, 2.75) is 38.5 Å². The highest BCUT2D eigenvalue weighted by Gasteiger charge is 2.36. The van der Waals surface area contributed by atoms with E-state index in [9.17, 15) is 8.78 Å². The highest BCUT2D eigenvalue weighted by Crippen LogP contribution is 2.37. The molecule has 1 aliphatic rings. The van der Waals surface area contributed by atoms with Crippen molar-refractivity contribution in [1.29, 1.82) is 0 Å². The van der Waals surface area contributed by atoms with Crippen molar-refractivity contribution in [3.63, 3.8) is 0 Å².